The highest BCUT2D eigenvalue weighted by Gasteiger charge is 2.46. The lowest BCUT2D eigenvalue weighted by atomic mass is 9.89. The second-order valence-corrected chi connectivity index (χ2v) is 13.8. The van der Waals surface area contributed by atoms with E-state index in [1.165, 1.54) is 0 Å². The number of nitrogens with zero attached hydrogens (tertiary/aromatic N) is 2. The van der Waals surface area contributed by atoms with Crippen LogP contribution < -0.4 is 16.2 Å². The fourth-order valence-corrected chi connectivity index (χ4v) is 6.52. The molecule has 1 aliphatic heterocycles. The molecule has 9 N–H and O–H groups in total. The summed E-state index contributed by atoms with van der Waals surface area (Å²) in [6.07, 6.45) is 5.05. The van der Waals surface area contributed by atoms with Crippen molar-refractivity contribution in [3.63, 3.8) is 0 Å². The number of nitrogens with one attached hydrogen (secondary N) is 1. The molecule has 13 heteroatoms. The molecule has 48 heavy (non-hydrogen) atoms. The number of aliphatic hydroxyl groups excluding tert-OH is 2. The molecule has 1 heterocycles. The van der Waals surface area contributed by atoms with Gasteiger partial charge in [0.15, 0.2) is 6.35 Å². The molecule has 5 rings (SSSR count). The normalized spacial score (nSPS) is 21.5. The molecule has 1 fully saturated rings. The highest BCUT2D eigenvalue weighted by molar-refractivity contribution is 7.51. The van der Waals surface area contributed by atoms with E-state index in [1.807, 2.05) is 36.4 Å². The van der Waals surface area contributed by atoms with Crippen LogP contribution in [-0.2, 0) is 24.1 Å². The van der Waals surface area contributed by atoms with Crippen molar-refractivity contribution in [2.24, 2.45) is 5.73 Å². The van der Waals surface area contributed by atoms with Crippen LogP contribution in [0.4, 0.5) is 10.5 Å². The Labute approximate surface area is 279 Å². The number of carbonyl (C=O) groups is 1. The Morgan fingerprint density at radius 3 is 2.10 bits per heavy atom. The Morgan fingerprint density at radius 2 is 1.50 bits per heavy atom. The average Bonchev–Trinajstić information content (AvgIpc) is 3.12. The minimum Gasteiger partial charge on any atom is -0.481 e. The number of benzene rings is 3. The smallest absolute Gasteiger partial charge is 0.362 e. The van der Waals surface area contributed by atoms with E-state index < -0.39 is 44.3 Å². The molecule has 1 saturated heterocycles. The third-order valence-electron chi connectivity index (χ3n) is 8.67. The Bertz CT molecular complexity index is 1710. The van der Waals surface area contributed by atoms with Gasteiger partial charge in [-0.2, -0.15) is 0 Å². The molecule has 0 bridgehead atoms. The number of ether oxygens (including phenoxy) is 1. The molecule has 0 spiro atoms. The first kappa shape index (κ1) is 34.9. The maximum Gasteiger partial charge on any atom is 0.362 e. The van der Waals surface area contributed by atoms with Crippen molar-refractivity contribution in [1.82, 2.24) is 9.80 Å². The van der Waals surface area contributed by atoms with Gasteiger partial charge in [0, 0.05) is 24.3 Å². The molecule has 0 saturated carbocycles. The van der Waals surface area contributed by atoms with Crippen molar-refractivity contribution in [1.29, 1.82) is 5.41 Å². The van der Waals surface area contributed by atoms with Gasteiger partial charge >= 0.3 is 13.6 Å². The zero-order valence-corrected chi connectivity index (χ0v) is 27.3. The van der Waals surface area contributed by atoms with Crippen molar-refractivity contribution in [2.45, 2.75) is 63.1 Å². The highest BCUT2D eigenvalue weighted by Crippen LogP contribution is 2.35. The number of amidine groups is 1. The molecule has 1 aliphatic carbocycles. The summed E-state index contributed by atoms with van der Waals surface area (Å²) in [5, 5.41) is 31.8. The molecule has 2 amide bonds. The molecule has 0 radical (unpaired) electrons. The van der Waals surface area contributed by atoms with Crippen LogP contribution in [0.1, 0.15) is 41.5 Å². The van der Waals surface area contributed by atoms with Gasteiger partial charge < -0.3 is 46.0 Å². The van der Waals surface area contributed by atoms with Gasteiger partial charge in [0.05, 0.1) is 12.1 Å². The van der Waals surface area contributed by atoms with Gasteiger partial charge in [-0.05, 0) is 66.6 Å². The minimum atomic E-state index is -4.37. The Morgan fingerprint density at radius 1 is 0.875 bits per heavy atom. The number of anilines is 1. The van der Waals surface area contributed by atoms with E-state index in [0.717, 1.165) is 24.0 Å². The van der Waals surface area contributed by atoms with Gasteiger partial charge in [0.25, 0.3) is 0 Å². The van der Waals surface area contributed by atoms with Gasteiger partial charge in [-0.25, -0.2) is 4.79 Å². The molecule has 2 aliphatic rings. The Kier molecular flexibility index (Phi) is 11.0. The summed E-state index contributed by atoms with van der Waals surface area (Å²) in [5.74, 6) is 0.0412. The molecule has 3 aromatic carbocycles. The van der Waals surface area contributed by atoms with E-state index in [-0.39, 0.29) is 31.1 Å². The second-order valence-electron chi connectivity index (χ2n) is 12.2. The molecular weight excluding hydrogens is 633 g/mol. The fraction of sp³-hybridized carbons (Fsp3) is 0.314. The van der Waals surface area contributed by atoms with E-state index in [1.54, 1.807) is 52.3 Å². The number of amides is 2. The Balaban J connectivity index is 1.55. The lowest BCUT2D eigenvalue weighted by molar-refractivity contribution is -0.0407. The number of hydrogen-bond donors (Lipinski definition) is 7. The zero-order valence-electron chi connectivity index (χ0n) is 26.4. The number of rotatable bonds is 12. The van der Waals surface area contributed by atoms with Crippen molar-refractivity contribution in [2.75, 3.05) is 12.1 Å². The summed E-state index contributed by atoms with van der Waals surface area (Å²) < 4.78 is 16.5. The summed E-state index contributed by atoms with van der Waals surface area (Å²) in [7, 11) is -4.37. The maximum atomic E-state index is 14.9. The van der Waals surface area contributed by atoms with Crippen LogP contribution in [0.2, 0.25) is 0 Å². The van der Waals surface area contributed by atoms with Crippen molar-refractivity contribution >= 4 is 25.1 Å². The van der Waals surface area contributed by atoms with Crippen LogP contribution in [0.3, 0.4) is 0 Å². The maximum absolute atomic E-state index is 14.9. The lowest BCUT2D eigenvalue weighted by Gasteiger charge is -2.36. The molecule has 4 atom stereocenters. The summed E-state index contributed by atoms with van der Waals surface area (Å²) in [6, 6.07) is 19.0. The van der Waals surface area contributed by atoms with Crippen molar-refractivity contribution < 1.29 is 34.1 Å². The first-order valence-corrected chi connectivity index (χ1v) is 17.5. The monoisotopic (exact) mass is 675 g/mol. The molecular formula is C35H42N5O7P. The van der Waals surface area contributed by atoms with E-state index in [9.17, 15) is 29.4 Å². The average molecular weight is 676 g/mol. The van der Waals surface area contributed by atoms with Crippen LogP contribution in [0, 0.1) is 5.41 Å². The molecule has 1 unspecified atom stereocenters. The van der Waals surface area contributed by atoms with E-state index in [0.29, 0.717) is 28.8 Å². The van der Waals surface area contributed by atoms with Crippen LogP contribution in [-0.4, -0.2) is 72.3 Å². The van der Waals surface area contributed by atoms with E-state index in [4.69, 9.17) is 21.6 Å². The van der Waals surface area contributed by atoms with E-state index in [2.05, 4.69) is 12.2 Å². The number of nitrogen functional groups attached to an aromatic ring is 2. The van der Waals surface area contributed by atoms with E-state index >= 15 is 0 Å². The third kappa shape index (κ3) is 8.71. The van der Waals surface area contributed by atoms with Gasteiger partial charge in [0.2, 0.25) is 0 Å². The molecule has 0 aromatic heterocycles. The highest BCUT2D eigenvalue weighted by atomic mass is 31.2. The number of nitrogens with two attached hydrogens (primary N) is 2. The molecule has 3 aromatic rings. The van der Waals surface area contributed by atoms with Gasteiger partial charge in [-0.15, -0.1) is 0 Å². The van der Waals surface area contributed by atoms with Crippen LogP contribution >= 0.6 is 7.60 Å². The van der Waals surface area contributed by atoms with Crippen LogP contribution in [0.15, 0.2) is 96.6 Å². The molecule has 254 valence electrons. The van der Waals surface area contributed by atoms with Crippen LogP contribution in [0.5, 0.6) is 5.75 Å². The largest absolute Gasteiger partial charge is 0.481 e. The number of aliphatic hydroxyl groups is 2. The number of carbonyl (C=O) groups excluding carboxylic acids is 1. The number of allylic oxidation sites excluding steroid dienone is 3. The second kappa shape index (κ2) is 15.2. The van der Waals surface area contributed by atoms with Crippen molar-refractivity contribution in [3.05, 3.63) is 119 Å². The quantitative estimate of drug-likeness (QED) is 0.0643. The summed E-state index contributed by atoms with van der Waals surface area (Å²) in [4.78, 5) is 36.4. The Hall–Kier alpha value is -4.45. The van der Waals surface area contributed by atoms with Gasteiger partial charge in [-0.3, -0.25) is 9.97 Å². The SMILES string of the molecule is N=C(N)c1cc(CN2C(=O)N(Cc3ccc(OCP(=O)(O)O)cc3)C(Cc3ccccc3)[C@H](O)[C@@H](O)[C@H]2CC2=CCCC=C2)ccc1N. The summed E-state index contributed by atoms with van der Waals surface area (Å²) in [6.45, 7) is 0.111. The minimum absolute atomic E-state index is 0.0501. The zero-order chi connectivity index (χ0) is 34.4. The lowest BCUT2D eigenvalue weighted by Crippen LogP contribution is -2.50. The predicted octanol–water partition coefficient (Wildman–Crippen LogP) is 3.87. The summed E-state index contributed by atoms with van der Waals surface area (Å²) >= 11 is 0. The first-order chi connectivity index (χ1) is 22.9. The topological polar surface area (TPSA) is 207 Å². The first-order valence-electron chi connectivity index (χ1n) is 15.7. The predicted molar refractivity (Wildman–Crippen MR) is 183 cm³/mol. The number of urea groups is 1. The third-order valence-corrected chi connectivity index (χ3v) is 9.14. The molecule has 12 nitrogen and oxygen atoms in total. The van der Waals surface area contributed by atoms with Gasteiger partial charge in [0.1, 0.15) is 23.8 Å². The summed E-state index contributed by atoms with van der Waals surface area (Å²) in [5.41, 5.74) is 15.7. The van der Waals surface area contributed by atoms with Crippen molar-refractivity contribution in [3.8, 4) is 5.75 Å². The standard InChI is InChI=1S/C35H42N5O7P/c36-29-16-13-26(17-28(29)34(37)38)21-40-31(19-24-9-5-2-6-10-24)33(42)32(41)30(18-23-7-3-1-4-8-23)39(35(40)43)20-25-11-14-27(15-12-25)47-22-48(44,45)46/h1,3-5,7-17,30-33,41-42H,2,6,18-22,36H2,(H3,37,38)(H2,44,45,46)/t30?,31-,32+,33+/m1/s1. The van der Waals surface area contributed by atoms with Gasteiger partial charge in [-0.1, -0.05) is 72.3 Å². The number of hydrogen-bond acceptors (Lipinski definition) is 7. The van der Waals surface area contributed by atoms with Crippen LogP contribution in [0.25, 0.3) is 0 Å². The fourth-order valence-electron chi connectivity index (χ4n) is 6.20.